The van der Waals surface area contributed by atoms with Crippen LogP contribution in [0.1, 0.15) is 44.7 Å². The first-order chi connectivity index (χ1) is 16.0. The van der Waals surface area contributed by atoms with E-state index in [2.05, 4.69) is 4.72 Å². The third-order valence-electron chi connectivity index (χ3n) is 5.92. The average Bonchev–Trinajstić information content (AvgIpc) is 2.80. The highest BCUT2D eigenvalue weighted by molar-refractivity contribution is 7.84. The molecule has 1 amide bonds. The van der Waals surface area contributed by atoms with Crippen LogP contribution >= 0.6 is 0 Å². The van der Waals surface area contributed by atoms with Crippen LogP contribution in [0, 0.1) is 23.4 Å². The van der Waals surface area contributed by atoms with Gasteiger partial charge in [0, 0.05) is 25.2 Å². The Balaban J connectivity index is 1.65. The van der Waals surface area contributed by atoms with Crippen LogP contribution in [0.3, 0.4) is 0 Å². The summed E-state index contributed by atoms with van der Waals surface area (Å²) >= 11 is 0. The van der Waals surface area contributed by atoms with Crippen LogP contribution in [-0.2, 0) is 28.8 Å². The zero-order valence-electron chi connectivity index (χ0n) is 19.7. The standard InChI is InChI=1S/C25H31F3N2O3S/c1-25(2,3)34(32)29-23(14-19-13-21(27)22(28)15-20(19)26)18-9-11-30(12-10-18)24(31)33-16-17-7-5-4-6-8-17/h4-8,13,15,18,23,29H,9-12,14,16H2,1-3H3/t23-,34?/m1/s1. The highest BCUT2D eigenvalue weighted by Crippen LogP contribution is 2.27. The zero-order valence-corrected chi connectivity index (χ0v) is 20.5. The zero-order chi connectivity index (χ0) is 24.9. The second kappa shape index (κ2) is 11.4. The number of nitrogens with one attached hydrogen (secondary N) is 1. The van der Waals surface area contributed by atoms with Crippen molar-refractivity contribution in [3.63, 3.8) is 0 Å². The van der Waals surface area contributed by atoms with Gasteiger partial charge in [-0.05, 0) is 63.1 Å². The maximum atomic E-state index is 14.3. The third kappa shape index (κ3) is 7.06. The Labute approximate surface area is 201 Å². The molecule has 0 saturated carbocycles. The molecule has 34 heavy (non-hydrogen) atoms. The van der Waals surface area contributed by atoms with Crippen LogP contribution in [-0.4, -0.2) is 39.1 Å². The molecular weight excluding hydrogens is 465 g/mol. The van der Waals surface area contributed by atoms with E-state index >= 15 is 0 Å². The molecule has 0 radical (unpaired) electrons. The lowest BCUT2D eigenvalue weighted by molar-refractivity contribution is 0.0791. The molecule has 3 rings (SSSR count). The van der Waals surface area contributed by atoms with Gasteiger partial charge in [0.25, 0.3) is 0 Å². The maximum absolute atomic E-state index is 14.3. The topological polar surface area (TPSA) is 58.6 Å². The van der Waals surface area contributed by atoms with E-state index < -0.39 is 45.3 Å². The summed E-state index contributed by atoms with van der Waals surface area (Å²) < 4.78 is 62.2. The van der Waals surface area contributed by atoms with Crippen molar-refractivity contribution >= 4 is 17.1 Å². The number of amides is 1. The lowest BCUT2D eigenvalue weighted by Gasteiger charge is -2.37. The number of hydrogen-bond acceptors (Lipinski definition) is 3. The first-order valence-corrected chi connectivity index (χ1v) is 12.5. The summed E-state index contributed by atoms with van der Waals surface area (Å²) in [4.78, 5) is 14.1. The van der Waals surface area contributed by atoms with E-state index in [-0.39, 0.29) is 24.5 Å². The molecule has 2 aromatic rings. The first-order valence-electron chi connectivity index (χ1n) is 11.3. The molecule has 1 N–H and O–H groups in total. The SMILES string of the molecule is CC(C)(C)S(=O)N[C@H](Cc1cc(F)c(F)cc1F)C1CCN(C(=O)OCc2ccccc2)CC1. The molecule has 2 atom stereocenters. The largest absolute Gasteiger partial charge is 0.445 e. The van der Waals surface area contributed by atoms with Crippen LogP contribution in [0.5, 0.6) is 0 Å². The summed E-state index contributed by atoms with van der Waals surface area (Å²) in [5.41, 5.74) is 0.917. The van der Waals surface area contributed by atoms with Gasteiger partial charge >= 0.3 is 6.09 Å². The number of ether oxygens (including phenoxy) is 1. The molecule has 1 saturated heterocycles. The Kier molecular flexibility index (Phi) is 8.76. The fraction of sp³-hybridized carbons (Fsp3) is 0.480. The van der Waals surface area contributed by atoms with Gasteiger partial charge in [0.2, 0.25) is 0 Å². The van der Waals surface area contributed by atoms with Gasteiger partial charge in [-0.25, -0.2) is 26.9 Å². The Hall–Kier alpha value is -2.39. The normalized spacial score (nSPS) is 16.8. The van der Waals surface area contributed by atoms with E-state index in [1.807, 2.05) is 51.1 Å². The molecule has 186 valence electrons. The molecule has 0 spiro atoms. The number of hydrogen-bond donors (Lipinski definition) is 1. The van der Waals surface area contributed by atoms with E-state index in [9.17, 15) is 22.2 Å². The maximum Gasteiger partial charge on any atom is 0.410 e. The predicted molar refractivity (Wildman–Crippen MR) is 126 cm³/mol. The van der Waals surface area contributed by atoms with Crippen LogP contribution in [0.4, 0.5) is 18.0 Å². The highest BCUT2D eigenvalue weighted by atomic mass is 32.2. The van der Waals surface area contributed by atoms with E-state index in [0.29, 0.717) is 32.0 Å². The predicted octanol–water partition coefficient (Wildman–Crippen LogP) is 5.12. The van der Waals surface area contributed by atoms with Crippen LogP contribution in [0.15, 0.2) is 42.5 Å². The summed E-state index contributed by atoms with van der Waals surface area (Å²) in [6.45, 7) is 6.49. The summed E-state index contributed by atoms with van der Waals surface area (Å²) in [6.07, 6.45) is 0.792. The van der Waals surface area contributed by atoms with Crippen molar-refractivity contribution in [3.05, 3.63) is 71.0 Å². The van der Waals surface area contributed by atoms with Gasteiger partial charge in [0.05, 0.1) is 15.7 Å². The van der Waals surface area contributed by atoms with Crippen molar-refractivity contribution in [1.29, 1.82) is 0 Å². The van der Waals surface area contributed by atoms with Crippen molar-refractivity contribution < 1.29 is 26.9 Å². The number of likely N-dealkylation sites (tertiary alicyclic amines) is 1. The molecule has 9 heteroatoms. The van der Waals surface area contributed by atoms with Crippen LogP contribution in [0.2, 0.25) is 0 Å². The van der Waals surface area contributed by atoms with Crippen LogP contribution in [0.25, 0.3) is 0 Å². The van der Waals surface area contributed by atoms with E-state index in [1.54, 1.807) is 4.90 Å². The Morgan fingerprint density at radius 1 is 1.09 bits per heavy atom. The minimum atomic E-state index is -1.45. The fourth-order valence-corrected chi connectivity index (χ4v) is 4.78. The van der Waals surface area contributed by atoms with Crippen molar-refractivity contribution in [2.75, 3.05) is 13.1 Å². The summed E-state index contributed by atoms with van der Waals surface area (Å²) in [7, 11) is -1.45. The second-order valence-corrected chi connectivity index (χ2v) is 11.5. The number of carbonyl (C=O) groups is 1. The summed E-state index contributed by atoms with van der Waals surface area (Å²) in [6, 6.07) is 10.3. The van der Waals surface area contributed by atoms with Crippen molar-refractivity contribution in [2.45, 2.75) is 57.4 Å². The number of piperidine rings is 1. The number of halogens is 3. The van der Waals surface area contributed by atoms with Gasteiger partial charge in [-0.3, -0.25) is 0 Å². The molecule has 0 aliphatic carbocycles. The fourth-order valence-electron chi connectivity index (χ4n) is 3.87. The van der Waals surface area contributed by atoms with Gasteiger partial charge in [-0.1, -0.05) is 30.3 Å². The average molecular weight is 497 g/mol. The van der Waals surface area contributed by atoms with Crippen molar-refractivity contribution in [1.82, 2.24) is 9.62 Å². The van der Waals surface area contributed by atoms with E-state index in [1.165, 1.54) is 0 Å². The number of nitrogens with zero attached hydrogens (tertiary/aromatic N) is 1. The quantitative estimate of drug-likeness (QED) is 0.542. The van der Waals surface area contributed by atoms with E-state index in [0.717, 1.165) is 11.6 Å². The van der Waals surface area contributed by atoms with Gasteiger partial charge in [0.15, 0.2) is 11.6 Å². The molecule has 2 aromatic carbocycles. The molecule has 0 bridgehead atoms. The number of carbonyl (C=O) groups excluding carboxylic acids is 1. The van der Waals surface area contributed by atoms with Crippen LogP contribution < -0.4 is 4.72 Å². The second-order valence-electron chi connectivity index (χ2n) is 9.53. The highest BCUT2D eigenvalue weighted by Gasteiger charge is 2.33. The number of rotatable bonds is 7. The first kappa shape index (κ1) is 26.2. The molecule has 1 aliphatic heterocycles. The van der Waals surface area contributed by atoms with Crippen molar-refractivity contribution in [2.24, 2.45) is 5.92 Å². The number of benzene rings is 2. The minimum Gasteiger partial charge on any atom is -0.445 e. The third-order valence-corrected chi connectivity index (χ3v) is 7.54. The Morgan fingerprint density at radius 3 is 2.32 bits per heavy atom. The lowest BCUT2D eigenvalue weighted by Crippen LogP contribution is -2.49. The Morgan fingerprint density at radius 2 is 1.71 bits per heavy atom. The minimum absolute atomic E-state index is 0.0204. The molecular formula is C25H31F3N2O3S. The molecule has 1 fully saturated rings. The summed E-state index contributed by atoms with van der Waals surface area (Å²) in [5.74, 6) is -3.25. The van der Waals surface area contributed by atoms with Gasteiger partial charge in [-0.15, -0.1) is 0 Å². The molecule has 5 nitrogen and oxygen atoms in total. The summed E-state index contributed by atoms with van der Waals surface area (Å²) in [5, 5.41) is 0. The molecule has 1 unspecified atom stereocenters. The lowest BCUT2D eigenvalue weighted by atomic mass is 9.86. The molecule has 1 heterocycles. The van der Waals surface area contributed by atoms with Gasteiger partial charge in [-0.2, -0.15) is 0 Å². The monoisotopic (exact) mass is 496 g/mol. The molecule has 0 aromatic heterocycles. The van der Waals surface area contributed by atoms with Gasteiger partial charge in [0.1, 0.15) is 12.4 Å². The Bertz CT molecular complexity index is 1010. The van der Waals surface area contributed by atoms with E-state index in [4.69, 9.17) is 4.74 Å². The molecule has 1 aliphatic rings. The smallest absolute Gasteiger partial charge is 0.410 e. The van der Waals surface area contributed by atoms with Gasteiger partial charge < -0.3 is 9.64 Å². The van der Waals surface area contributed by atoms with Crippen molar-refractivity contribution in [3.8, 4) is 0 Å².